The Kier molecular flexibility index (Phi) is 6.69. The molecule has 21 heavy (non-hydrogen) atoms. The van der Waals surface area contributed by atoms with Crippen LogP contribution in [-0.4, -0.2) is 24.1 Å². The fraction of sp³-hybridized carbons (Fsp3) is 0.533. The monoisotopic (exact) mass is 420 g/mol. The number of rotatable bonds is 5. The van der Waals surface area contributed by atoms with Gasteiger partial charge in [0.05, 0.1) is 8.95 Å². The summed E-state index contributed by atoms with van der Waals surface area (Å²) in [4.78, 5) is 11.8. The van der Waals surface area contributed by atoms with E-state index in [-0.39, 0.29) is 24.1 Å². The third-order valence-electron chi connectivity index (χ3n) is 2.48. The zero-order chi connectivity index (χ0) is 16.2. The van der Waals surface area contributed by atoms with Crippen molar-refractivity contribution in [1.82, 2.24) is 5.32 Å². The SMILES string of the molecule is CC(N)Cc1cc(Br)c(OCC(=O)NC(C)(C)C)c(Br)c1. The number of halogens is 2. The number of carbonyl (C=O) groups excluding carboxylic acids is 1. The van der Waals surface area contributed by atoms with Crippen molar-refractivity contribution in [1.29, 1.82) is 0 Å². The zero-order valence-electron chi connectivity index (χ0n) is 12.8. The zero-order valence-corrected chi connectivity index (χ0v) is 16.0. The van der Waals surface area contributed by atoms with Crippen molar-refractivity contribution in [3.8, 4) is 5.75 Å². The molecule has 3 N–H and O–H groups in total. The van der Waals surface area contributed by atoms with Gasteiger partial charge in [-0.25, -0.2) is 0 Å². The van der Waals surface area contributed by atoms with Gasteiger partial charge < -0.3 is 15.8 Å². The molecule has 0 heterocycles. The molecular weight excluding hydrogens is 400 g/mol. The minimum atomic E-state index is -0.268. The lowest BCUT2D eigenvalue weighted by Crippen LogP contribution is -2.43. The Balaban J connectivity index is 2.74. The molecule has 0 saturated heterocycles. The molecule has 0 aromatic heterocycles. The predicted octanol–water partition coefficient (Wildman–Crippen LogP) is 3.39. The molecule has 0 aliphatic heterocycles. The number of amides is 1. The highest BCUT2D eigenvalue weighted by molar-refractivity contribution is 9.11. The number of nitrogens with two attached hydrogens (primary N) is 1. The fourth-order valence-electron chi connectivity index (χ4n) is 1.83. The van der Waals surface area contributed by atoms with Gasteiger partial charge >= 0.3 is 0 Å². The molecule has 0 aliphatic carbocycles. The Morgan fingerprint density at radius 3 is 2.29 bits per heavy atom. The highest BCUT2D eigenvalue weighted by atomic mass is 79.9. The van der Waals surface area contributed by atoms with Crippen molar-refractivity contribution in [2.75, 3.05) is 6.61 Å². The van der Waals surface area contributed by atoms with Crippen molar-refractivity contribution in [2.45, 2.75) is 45.7 Å². The third-order valence-corrected chi connectivity index (χ3v) is 3.66. The number of carbonyl (C=O) groups is 1. The number of ether oxygens (including phenoxy) is 1. The number of nitrogens with one attached hydrogen (secondary N) is 1. The highest BCUT2D eigenvalue weighted by Crippen LogP contribution is 2.35. The number of hydrogen-bond donors (Lipinski definition) is 2. The first-order valence-electron chi connectivity index (χ1n) is 6.76. The summed E-state index contributed by atoms with van der Waals surface area (Å²) in [6.07, 6.45) is 0.780. The molecule has 1 aromatic rings. The lowest BCUT2D eigenvalue weighted by molar-refractivity contribution is -0.124. The van der Waals surface area contributed by atoms with E-state index in [0.29, 0.717) is 5.75 Å². The van der Waals surface area contributed by atoms with Crippen LogP contribution in [-0.2, 0) is 11.2 Å². The second-order valence-electron chi connectivity index (χ2n) is 6.16. The molecule has 0 saturated carbocycles. The van der Waals surface area contributed by atoms with Crippen LogP contribution in [0, 0.1) is 0 Å². The molecule has 1 amide bonds. The second kappa shape index (κ2) is 7.61. The lowest BCUT2D eigenvalue weighted by Gasteiger charge is -2.21. The van der Waals surface area contributed by atoms with Gasteiger partial charge in [0.2, 0.25) is 0 Å². The average Bonchev–Trinajstić information content (AvgIpc) is 2.23. The maximum absolute atomic E-state index is 11.8. The van der Waals surface area contributed by atoms with Gasteiger partial charge in [-0.15, -0.1) is 0 Å². The van der Waals surface area contributed by atoms with Crippen molar-refractivity contribution in [3.05, 3.63) is 26.6 Å². The van der Waals surface area contributed by atoms with Gasteiger partial charge in [0, 0.05) is 11.6 Å². The van der Waals surface area contributed by atoms with E-state index in [9.17, 15) is 4.79 Å². The fourth-order valence-corrected chi connectivity index (χ4v) is 3.34. The first kappa shape index (κ1) is 18.5. The standard InChI is InChI=1S/C15H22Br2N2O2/c1-9(18)5-10-6-11(16)14(12(17)7-10)21-8-13(20)19-15(2,3)4/h6-7,9H,5,8,18H2,1-4H3,(H,19,20). The summed E-state index contributed by atoms with van der Waals surface area (Å²) in [5, 5.41) is 2.85. The van der Waals surface area contributed by atoms with Crippen LogP contribution in [0.1, 0.15) is 33.3 Å². The molecule has 1 atom stereocenters. The van der Waals surface area contributed by atoms with Crippen LogP contribution in [0.5, 0.6) is 5.75 Å². The topological polar surface area (TPSA) is 64.3 Å². The third kappa shape index (κ3) is 6.80. The maximum atomic E-state index is 11.8. The molecule has 0 aliphatic rings. The Bertz CT molecular complexity index is 488. The summed E-state index contributed by atoms with van der Waals surface area (Å²) in [6.45, 7) is 7.72. The first-order chi connectivity index (χ1) is 9.58. The Hall–Kier alpha value is -0.590. The molecule has 1 unspecified atom stereocenters. The normalized spacial score (nSPS) is 12.9. The van der Waals surface area contributed by atoms with Gasteiger partial charge in [-0.2, -0.15) is 0 Å². The van der Waals surface area contributed by atoms with Gasteiger partial charge in [0.25, 0.3) is 5.91 Å². The first-order valence-corrected chi connectivity index (χ1v) is 8.34. The van der Waals surface area contributed by atoms with E-state index < -0.39 is 0 Å². The average molecular weight is 422 g/mol. The molecule has 0 radical (unpaired) electrons. The van der Waals surface area contributed by atoms with Crippen LogP contribution in [0.25, 0.3) is 0 Å². The van der Waals surface area contributed by atoms with E-state index in [2.05, 4.69) is 37.2 Å². The molecule has 1 aromatic carbocycles. The van der Waals surface area contributed by atoms with Crippen LogP contribution in [0.3, 0.4) is 0 Å². The summed E-state index contributed by atoms with van der Waals surface area (Å²) in [5.41, 5.74) is 6.64. The minimum Gasteiger partial charge on any atom is -0.481 e. The van der Waals surface area contributed by atoms with E-state index in [1.165, 1.54) is 0 Å². The molecule has 0 spiro atoms. The summed E-state index contributed by atoms with van der Waals surface area (Å²) in [5.74, 6) is 0.466. The Labute approximate surface area is 143 Å². The predicted molar refractivity (Wildman–Crippen MR) is 92.6 cm³/mol. The summed E-state index contributed by atoms with van der Waals surface area (Å²) >= 11 is 6.94. The Morgan fingerprint density at radius 1 is 1.33 bits per heavy atom. The molecule has 0 bridgehead atoms. The minimum absolute atomic E-state index is 0.0267. The molecule has 1 rings (SSSR count). The van der Waals surface area contributed by atoms with E-state index in [1.807, 2.05) is 39.8 Å². The quantitative estimate of drug-likeness (QED) is 0.765. The van der Waals surface area contributed by atoms with E-state index in [1.54, 1.807) is 0 Å². The highest BCUT2D eigenvalue weighted by Gasteiger charge is 2.16. The van der Waals surface area contributed by atoms with Crippen LogP contribution >= 0.6 is 31.9 Å². The molecule has 4 nitrogen and oxygen atoms in total. The van der Waals surface area contributed by atoms with Crippen LogP contribution < -0.4 is 15.8 Å². The molecule has 118 valence electrons. The van der Waals surface area contributed by atoms with Crippen molar-refractivity contribution in [2.24, 2.45) is 5.73 Å². The summed E-state index contributed by atoms with van der Waals surface area (Å²) in [7, 11) is 0. The van der Waals surface area contributed by atoms with Crippen molar-refractivity contribution >= 4 is 37.8 Å². The van der Waals surface area contributed by atoms with Crippen molar-refractivity contribution in [3.63, 3.8) is 0 Å². The smallest absolute Gasteiger partial charge is 0.258 e. The number of hydrogen-bond acceptors (Lipinski definition) is 3. The van der Waals surface area contributed by atoms with Crippen LogP contribution in [0.15, 0.2) is 21.1 Å². The second-order valence-corrected chi connectivity index (χ2v) is 7.87. The largest absolute Gasteiger partial charge is 0.481 e. The summed E-state index contributed by atoms with van der Waals surface area (Å²) in [6, 6.07) is 4.02. The van der Waals surface area contributed by atoms with Gasteiger partial charge in [-0.05, 0) is 83.7 Å². The lowest BCUT2D eigenvalue weighted by atomic mass is 10.1. The number of benzene rings is 1. The van der Waals surface area contributed by atoms with Gasteiger partial charge in [-0.3, -0.25) is 4.79 Å². The van der Waals surface area contributed by atoms with Crippen LogP contribution in [0.2, 0.25) is 0 Å². The van der Waals surface area contributed by atoms with Gasteiger partial charge in [0.15, 0.2) is 6.61 Å². The Morgan fingerprint density at radius 2 is 1.86 bits per heavy atom. The van der Waals surface area contributed by atoms with Crippen LogP contribution in [0.4, 0.5) is 0 Å². The van der Waals surface area contributed by atoms with Gasteiger partial charge in [0.1, 0.15) is 5.75 Å². The van der Waals surface area contributed by atoms with E-state index in [0.717, 1.165) is 20.9 Å². The molecule has 0 fully saturated rings. The molecular formula is C15H22Br2N2O2. The van der Waals surface area contributed by atoms with E-state index in [4.69, 9.17) is 10.5 Å². The van der Waals surface area contributed by atoms with E-state index >= 15 is 0 Å². The molecule has 6 heteroatoms. The van der Waals surface area contributed by atoms with Crippen molar-refractivity contribution < 1.29 is 9.53 Å². The summed E-state index contributed by atoms with van der Waals surface area (Å²) < 4.78 is 7.20. The van der Waals surface area contributed by atoms with Gasteiger partial charge in [-0.1, -0.05) is 0 Å². The maximum Gasteiger partial charge on any atom is 0.258 e.